The largest absolute Gasteiger partial charge is 0.458 e. The SMILES string of the molecule is CC(=O)OCc1nc2cnccc2n1CCO[Si](C)(C)C(C)(C)C. The Balaban J connectivity index is 2.17. The molecule has 0 radical (unpaired) electrons. The number of carbonyl (C=O) groups excluding carboxylic acids is 1. The summed E-state index contributed by atoms with van der Waals surface area (Å²) < 4.78 is 13.4. The molecule has 0 saturated carbocycles. The highest BCUT2D eigenvalue weighted by Gasteiger charge is 2.36. The Labute approximate surface area is 144 Å². The normalized spacial score (nSPS) is 12.6. The second-order valence-electron chi connectivity index (χ2n) is 7.43. The number of hydrogen-bond donors (Lipinski definition) is 0. The van der Waals surface area contributed by atoms with E-state index in [0.717, 1.165) is 11.0 Å². The summed E-state index contributed by atoms with van der Waals surface area (Å²) in [4.78, 5) is 19.7. The fourth-order valence-electron chi connectivity index (χ4n) is 2.17. The van der Waals surface area contributed by atoms with Crippen LogP contribution in [0.15, 0.2) is 18.5 Å². The van der Waals surface area contributed by atoms with Gasteiger partial charge < -0.3 is 13.7 Å². The van der Waals surface area contributed by atoms with Gasteiger partial charge in [-0.2, -0.15) is 0 Å². The number of imidazole rings is 1. The van der Waals surface area contributed by atoms with Crippen LogP contribution in [0.4, 0.5) is 0 Å². The molecule has 2 heterocycles. The molecule has 0 aliphatic carbocycles. The van der Waals surface area contributed by atoms with Crippen LogP contribution in [0.2, 0.25) is 18.1 Å². The number of pyridine rings is 1. The molecule has 24 heavy (non-hydrogen) atoms. The number of nitrogens with zero attached hydrogens (tertiary/aromatic N) is 3. The van der Waals surface area contributed by atoms with E-state index in [2.05, 4.69) is 43.8 Å². The minimum absolute atomic E-state index is 0.157. The van der Waals surface area contributed by atoms with Gasteiger partial charge in [-0.15, -0.1) is 0 Å². The third kappa shape index (κ3) is 4.21. The van der Waals surface area contributed by atoms with Crippen LogP contribution in [-0.2, 0) is 27.1 Å². The maximum Gasteiger partial charge on any atom is 0.303 e. The number of hydrogen-bond acceptors (Lipinski definition) is 5. The Kier molecular flexibility index (Phi) is 5.44. The predicted octanol–water partition coefficient (Wildman–Crippen LogP) is 3.52. The van der Waals surface area contributed by atoms with E-state index in [4.69, 9.17) is 9.16 Å². The molecule has 0 saturated heterocycles. The van der Waals surface area contributed by atoms with Gasteiger partial charge in [0, 0.05) is 19.7 Å². The minimum atomic E-state index is -1.79. The molecule has 6 nitrogen and oxygen atoms in total. The second-order valence-corrected chi connectivity index (χ2v) is 12.2. The smallest absolute Gasteiger partial charge is 0.303 e. The molecule has 0 atom stereocenters. The predicted molar refractivity (Wildman–Crippen MR) is 96.1 cm³/mol. The summed E-state index contributed by atoms with van der Waals surface area (Å²) in [6.07, 6.45) is 3.46. The number of carbonyl (C=O) groups is 1. The Morgan fingerprint density at radius 3 is 2.67 bits per heavy atom. The zero-order valence-corrected chi connectivity index (χ0v) is 16.4. The van der Waals surface area contributed by atoms with Gasteiger partial charge in [-0.3, -0.25) is 9.78 Å². The van der Waals surface area contributed by atoms with Crippen molar-refractivity contribution in [3.05, 3.63) is 24.3 Å². The van der Waals surface area contributed by atoms with E-state index >= 15 is 0 Å². The van der Waals surface area contributed by atoms with Crippen LogP contribution in [-0.4, -0.2) is 35.4 Å². The van der Waals surface area contributed by atoms with Gasteiger partial charge in [-0.05, 0) is 24.2 Å². The first-order chi connectivity index (χ1) is 11.1. The summed E-state index contributed by atoms with van der Waals surface area (Å²) in [6, 6.07) is 1.92. The zero-order chi connectivity index (χ0) is 18.0. The van der Waals surface area contributed by atoms with E-state index in [1.165, 1.54) is 6.92 Å². The number of ether oxygens (including phenoxy) is 1. The maximum atomic E-state index is 11.1. The van der Waals surface area contributed by atoms with Crippen molar-refractivity contribution in [3.8, 4) is 0 Å². The van der Waals surface area contributed by atoms with Crippen molar-refractivity contribution < 1.29 is 14.0 Å². The van der Waals surface area contributed by atoms with Gasteiger partial charge in [-0.1, -0.05) is 20.8 Å². The van der Waals surface area contributed by atoms with Crippen molar-refractivity contribution in [1.29, 1.82) is 0 Å². The van der Waals surface area contributed by atoms with Crippen molar-refractivity contribution in [2.75, 3.05) is 6.61 Å². The molecule has 2 aromatic rings. The molecule has 0 aliphatic rings. The average molecular weight is 350 g/mol. The summed E-state index contributed by atoms with van der Waals surface area (Å²) in [5, 5.41) is 0.175. The van der Waals surface area contributed by atoms with Crippen LogP contribution in [0.5, 0.6) is 0 Å². The summed E-state index contributed by atoms with van der Waals surface area (Å²) in [6.45, 7) is 14.0. The molecule has 132 valence electrons. The van der Waals surface area contributed by atoms with E-state index in [1.54, 1.807) is 12.4 Å². The summed E-state index contributed by atoms with van der Waals surface area (Å²) in [7, 11) is -1.79. The lowest BCUT2D eigenvalue weighted by molar-refractivity contribution is -0.142. The first kappa shape index (κ1) is 18.6. The van der Waals surface area contributed by atoms with E-state index in [-0.39, 0.29) is 17.6 Å². The van der Waals surface area contributed by atoms with Gasteiger partial charge in [0.25, 0.3) is 0 Å². The molecule has 2 rings (SSSR count). The molecular formula is C17H27N3O3Si. The van der Waals surface area contributed by atoms with Gasteiger partial charge >= 0.3 is 5.97 Å². The highest BCUT2D eigenvalue weighted by atomic mass is 28.4. The Morgan fingerprint density at radius 2 is 2.04 bits per heavy atom. The Hall–Kier alpha value is -1.73. The lowest BCUT2D eigenvalue weighted by Gasteiger charge is -2.36. The molecule has 0 spiro atoms. The van der Waals surface area contributed by atoms with Crippen molar-refractivity contribution >= 4 is 25.3 Å². The van der Waals surface area contributed by atoms with Crippen molar-refractivity contribution in [2.24, 2.45) is 0 Å². The molecule has 0 N–H and O–H groups in total. The topological polar surface area (TPSA) is 66.2 Å². The Bertz CT molecular complexity index is 719. The molecule has 7 heteroatoms. The van der Waals surface area contributed by atoms with E-state index in [9.17, 15) is 4.79 Å². The first-order valence-electron chi connectivity index (χ1n) is 8.18. The van der Waals surface area contributed by atoms with Crippen LogP contribution < -0.4 is 0 Å². The molecular weight excluding hydrogens is 322 g/mol. The van der Waals surface area contributed by atoms with Crippen molar-refractivity contribution in [2.45, 2.75) is 59.0 Å². The van der Waals surface area contributed by atoms with E-state index in [0.29, 0.717) is 19.0 Å². The summed E-state index contributed by atoms with van der Waals surface area (Å²) in [5.41, 5.74) is 1.78. The highest BCUT2D eigenvalue weighted by molar-refractivity contribution is 6.74. The quantitative estimate of drug-likeness (QED) is 0.590. The van der Waals surface area contributed by atoms with Gasteiger partial charge in [0.1, 0.15) is 17.9 Å². The molecule has 0 fully saturated rings. The van der Waals surface area contributed by atoms with E-state index < -0.39 is 8.32 Å². The van der Waals surface area contributed by atoms with Crippen LogP contribution in [0.1, 0.15) is 33.5 Å². The van der Waals surface area contributed by atoms with Gasteiger partial charge in [0.05, 0.1) is 18.3 Å². The number of esters is 1. The lowest BCUT2D eigenvalue weighted by atomic mass is 10.2. The van der Waals surface area contributed by atoms with Crippen LogP contribution in [0.3, 0.4) is 0 Å². The number of fused-ring (bicyclic) bond motifs is 1. The van der Waals surface area contributed by atoms with Gasteiger partial charge in [0.2, 0.25) is 0 Å². The third-order valence-electron chi connectivity index (χ3n) is 4.62. The first-order valence-corrected chi connectivity index (χ1v) is 11.1. The fraction of sp³-hybridized carbons (Fsp3) is 0.588. The van der Waals surface area contributed by atoms with E-state index in [1.807, 2.05) is 10.6 Å². The fourth-order valence-corrected chi connectivity index (χ4v) is 3.20. The molecule has 2 aromatic heterocycles. The highest BCUT2D eigenvalue weighted by Crippen LogP contribution is 2.36. The average Bonchev–Trinajstić information content (AvgIpc) is 2.82. The number of rotatable bonds is 6. The zero-order valence-electron chi connectivity index (χ0n) is 15.4. The van der Waals surface area contributed by atoms with Crippen molar-refractivity contribution in [3.63, 3.8) is 0 Å². The van der Waals surface area contributed by atoms with Crippen molar-refractivity contribution in [1.82, 2.24) is 14.5 Å². The molecule has 0 aliphatic heterocycles. The van der Waals surface area contributed by atoms with Crippen LogP contribution >= 0.6 is 0 Å². The van der Waals surface area contributed by atoms with Crippen LogP contribution in [0, 0.1) is 0 Å². The minimum Gasteiger partial charge on any atom is -0.458 e. The third-order valence-corrected chi connectivity index (χ3v) is 9.16. The van der Waals surface area contributed by atoms with Crippen LogP contribution in [0.25, 0.3) is 11.0 Å². The Morgan fingerprint density at radius 1 is 1.33 bits per heavy atom. The standard InChI is InChI=1S/C17H27N3O3Si/c1-13(21)22-12-16-19-14-11-18-8-7-15(14)20(16)9-10-23-24(5,6)17(2,3)4/h7-8,11H,9-10,12H2,1-6H3. The molecule has 0 amide bonds. The lowest BCUT2D eigenvalue weighted by Crippen LogP contribution is -2.41. The summed E-state index contributed by atoms with van der Waals surface area (Å²) in [5.74, 6) is 0.399. The molecule has 0 bridgehead atoms. The maximum absolute atomic E-state index is 11.1. The monoisotopic (exact) mass is 349 g/mol. The number of aromatic nitrogens is 3. The molecule has 0 unspecified atom stereocenters. The molecule has 0 aromatic carbocycles. The summed E-state index contributed by atoms with van der Waals surface area (Å²) >= 11 is 0. The second kappa shape index (κ2) is 7.02. The van der Waals surface area contributed by atoms with Gasteiger partial charge in [-0.25, -0.2) is 4.98 Å². The van der Waals surface area contributed by atoms with Gasteiger partial charge in [0.15, 0.2) is 8.32 Å².